The minimum atomic E-state index is -0.0944. The lowest BCUT2D eigenvalue weighted by molar-refractivity contribution is 0.485. The van der Waals surface area contributed by atoms with E-state index in [4.69, 9.17) is 0 Å². The molecule has 1 unspecified atom stereocenters. The number of nitrogens with one attached hydrogen (secondary N) is 1. The van der Waals surface area contributed by atoms with Gasteiger partial charge in [0.25, 0.3) is 0 Å². The molecule has 0 fully saturated rings. The van der Waals surface area contributed by atoms with Crippen LogP contribution in [0.4, 0.5) is 10.1 Å². The predicted octanol–water partition coefficient (Wildman–Crippen LogP) is 3.13. The molecule has 0 aliphatic carbocycles. The molecule has 2 rings (SSSR count). The van der Waals surface area contributed by atoms with Crippen molar-refractivity contribution in [3.05, 3.63) is 29.6 Å². The van der Waals surface area contributed by atoms with Crippen LogP contribution in [0.5, 0.6) is 0 Å². The van der Waals surface area contributed by atoms with Gasteiger partial charge in [-0.15, -0.1) is 0 Å². The summed E-state index contributed by atoms with van der Waals surface area (Å²) in [6.07, 6.45) is 0. The minimum Gasteiger partial charge on any atom is -0.379 e. The summed E-state index contributed by atoms with van der Waals surface area (Å²) in [5.41, 5.74) is 1.73. The monoisotopic (exact) mass is 179 g/mol. The molecule has 1 N–H and O–H groups in total. The highest BCUT2D eigenvalue weighted by Gasteiger charge is 2.36. The summed E-state index contributed by atoms with van der Waals surface area (Å²) in [4.78, 5) is 0. The molecule has 0 aromatic heterocycles. The molecule has 2 heteroatoms. The largest absolute Gasteiger partial charge is 0.379 e. The average molecular weight is 179 g/mol. The van der Waals surface area contributed by atoms with Crippen molar-refractivity contribution in [2.75, 3.05) is 5.32 Å². The third kappa shape index (κ3) is 1.12. The first kappa shape index (κ1) is 8.54. The standard InChI is InChI=1S/C11H14FN/c1-7-10-8(12)5-4-6-9(10)13-11(7,2)3/h4-7,13H,1-3H3. The van der Waals surface area contributed by atoms with E-state index >= 15 is 0 Å². The Morgan fingerprint density at radius 1 is 1.38 bits per heavy atom. The van der Waals surface area contributed by atoms with Gasteiger partial charge in [-0.1, -0.05) is 13.0 Å². The summed E-state index contributed by atoms with van der Waals surface area (Å²) in [5.74, 6) is 0.131. The smallest absolute Gasteiger partial charge is 0.128 e. The molecular weight excluding hydrogens is 165 g/mol. The first-order valence-electron chi connectivity index (χ1n) is 4.59. The van der Waals surface area contributed by atoms with Crippen molar-refractivity contribution in [3.8, 4) is 0 Å². The fourth-order valence-electron chi connectivity index (χ4n) is 1.90. The van der Waals surface area contributed by atoms with Crippen LogP contribution in [-0.4, -0.2) is 5.54 Å². The number of hydrogen-bond donors (Lipinski definition) is 1. The first-order valence-corrected chi connectivity index (χ1v) is 4.59. The second kappa shape index (κ2) is 2.47. The number of rotatable bonds is 0. The Kier molecular flexibility index (Phi) is 1.62. The van der Waals surface area contributed by atoms with Gasteiger partial charge in [0, 0.05) is 22.7 Å². The molecule has 70 valence electrons. The second-order valence-electron chi connectivity index (χ2n) is 4.27. The maximum absolute atomic E-state index is 13.4. The SMILES string of the molecule is CC1c2c(F)cccc2NC1(C)C. The average Bonchev–Trinajstić information content (AvgIpc) is 2.24. The van der Waals surface area contributed by atoms with Crippen molar-refractivity contribution in [2.45, 2.75) is 32.2 Å². The van der Waals surface area contributed by atoms with Crippen molar-refractivity contribution >= 4 is 5.69 Å². The molecule has 1 aromatic rings. The van der Waals surface area contributed by atoms with Crippen LogP contribution in [0.3, 0.4) is 0 Å². The van der Waals surface area contributed by atoms with Gasteiger partial charge in [0.05, 0.1) is 0 Å². The normalized spacial score (nSPS) is 23.8. The fourth-order valence-corrected chi connectivity index (χ4v) is 1.90. The summed E-state index contributed by atoms with van der Waals surface area (Å²) in [5, 5.41) is 3.32. The van der Waals surface area contributed by atoms with Gasteiger partial charge in [-0.05, 0) is 26.0 Å². The van der Waals surface area contributed by atoms with Crippen molar-refractivity contribution < 1.29 is 4.39 Å². The van der Waals surface area contributed by atoms with E-state index in [1.807, 2.05) is 6.07 Å². The van der Waals surface area contributed by atoms with Gasteiger partial charge >= 0.3 is 0 Å². The number of halogens is 1. The molecule has 13 heavy (non-hydrogen) atoms. The molecule has 1 aromatic carbocycles. The number of benzene rings is 1. The van der Waals surface area contributed by atoms with E-state index in [1.165, 1.54) is 6.07 Å². The molecular formula is C11H14FN. The van der Waals surface area contributed by atoms with E-state index in [0.29, 0.717) is 0 Å². The van der Waals surface area contributed by atoms with Crippen LogP contribution in [-0.2, 0) is 0 Å². The van der Waals surface area contributed by atoms with Crippen LogP contribution >= 0.6 is 0 Å². The summed E-state index contributed by atoms with van der Waals surface area (Å²) in [6.45, 7) is 6.25. The quantitative estimate of drug-likeness (QED) is 0.645. The highest BCUT2D eigenvalue weighted by molar-refractivity contribution is 5.61. The van der Waals surface area contributed by atoms with Crippen LogP contribution in [0, 0.1) is 5.82 Å². The Bertz CT molecular complexity index is 344. The number of anilines is 1. The van der Waals surface area contributed by atoms with E-state index < -0.39 is 0 Å². The van der Waals surface area contributed by atoms with Crippen LogP contribution in [0.25, 0.3) is 0 Å². The third-order valence-electron chi connectivity index (χ3n) is 3.03. The molecule has 0 spiro atoms. The molecule has 0 bridgehead atoms. The van der Waals surface area contributed by atoms with Crippen molar-refractivity contribution in [1.29, 1.82) is 0 Å². The Balaban J connectivity index is 2.57. The third-order valence-corrected chi connectivity index (χ3v) is 3.03. The van der Waals surface area contributed by atoms with Gasteiger partial charge in [-0.25, -0.2) is 4.39 Å². The van der Waals surface area contributed by atoms with E-state index in [0.717, 1.165) is 11.3 Å². The van der Waals surface area contributed by atoms with Crippen molar-refractivity contribution in [1.82, 2.24) is 0 Å². The van der Waals surface area contributed by atoms with E-state index in [1.54, 1.807) is 6.07 Å². The Morgan fingerprint density at radius 2 is 2.08 bits per heavy atom. The molecule has 1 aliphatic heterocycles. The summed E-state index contributed by atoms with van der Waals surface area (Å²) in [6, 6.07) is 5.21. The van der Waals surface area contributed by atoms with Gasteiger partial charge < -0.3 is 5.32 Å². The lowest BCUT2D eigenvalue weighted by Gasteiger charge is -2.24. The zero-order chi connectivity index (χ0) is 9.64. The second-order valence-corrected chi connectivity index (χ2v) is 4.27. The Hall–Kier alpha value is -1.05. The highest BCUT2D eigenvalue weighted by Crippen LogP contribution is 2.42. The van der Waals surface area contributed by atoms with Gasteiger partial charge in [-0.3, -0.25) is 0 Å². The highest BCUT2D eigenvalue weighted by atomic mass is 19.1. The predicted molar refractivity (Wildman–Crippen MR) is 52.5 cm³/mol. The zero-order valence-electron chi connectivity index (χ0n) is 8.19. The van der Waals surface area contributed by atoms with Crippen LogP contribution in [0.2, 0.25) is 0 Å². The molecule has 0 radical (unpaired) electrons. The van der Waals surface area contributed by atoms with E-state index in [9.17, 15) is 4.39 Å². The lowest BCUT2D eigenvalue weighted by atomic mass is 9.87. The van der Waals surface area contributed by atoms with Gasteiger partial charge in [0.1, 0.15) is 5.82 Å². The minimum absolute atomic E-state index is 0.0372. The Labute approximate surface area is 78.0 Å². The maximum Gasteiger partial charge on any atom is 0.128 e. The van der Waals surface area contributed by atoms with Crippen LogP contribution < -0.4 is 5.32 Å². The van der Waals surface area contributed by atoms with Gasteiger partial charge in [0.15, 0.2) is 0 Å². The van der Waals surface area contributed by atoms with Gasteiger partial charge in [0.2, 0.25) is 0 Å². The fraction of sp³-hybridized carbons (Fsp3) is 0.455. The Morgan fingerprint density at radius 3 is 2.69 bits per heavy atom. The molecule has 1 atom stereocenters. The summed E-state index contributed by atoms with van der Waals surface area (Å²) in [7, 11) is 0. The number of hydrogen-bond acceptors (Lipinski definition) is 1. The molecule has 1 heterocycles. The summed E-state index contributed by atoms with van der Waals surface area (Å²) < 4.78 is 13.4. The zero-order valence-corrected chi connectivity index (χ0v) is 8.19. The van der Waals surface area contributed by atoms with Crippen molar-refractivity contribution in [3.63, 3.8) is 0 Å². The molecule has 0 saturated heterocycles. The number of fused-ring (bicyclic) bond motifs is 1. The lowest BCUT2D eigenvalue weighted by Crippen LogP contribution is -2.30. The van der Waals surface area contributed by atoms with Crippen molar-refractivity contribution in [2.24, 2.45) is 0 Å². The molecule has 0 saturated carbocycles. The molecule has 0 amide bonds. The molecule has 1 aliphatic rings. The molecule has 1 nitrogen and oxygen atoms in total. The topological polar surface area (TPSA) is 12.0 Å². The first-order chi connectivity index (χ1) is 6.02. The maximum atomic E-state index is 13.4. The van der Waals surface area contributed by atoms with Gasteiger partial charge in [-0.2, -0.15) is 0 Å². The van der Waals surface area contributed by atoms with Crippen LogP contribution in [0.1, 0.15) is 32.3 Å². The van der Waals surface area contributed by atoms with E-state index in [-0.39, 0.29) is 17.3 Å². The van der Waals surface area contributed by atoms with Crippen LogP contribution in [0.15, 0.2) is 18.2 Å². The summed E-state index contributed by atoms with van der Waals surface area (Å²) >= 11 is 0. The van der Waals surface area contributed by atoms with E-state index in [2.05, 4.69) is 26.1 Å².